The zero-order valence-electron chi connectivity index (χ0n) is 8.38. The molecule has 0 amide bonds. The monoisotopic (exact) mass is 224 g/mol. The van der Waals surface area contributed by atoms with Gasteiger partial charge in [-0.3, -0.25) is 0 Å². The lowest BCUT2D eigenvalue weighted by atomic mass is 10.2. The normalized spacial score (nSPS) is 12.9. The Kier molecular flexibility index (Phi) is 3.08. The second-order valence-electron chi connectivity index (χ2n) is 3.23. The molecule has 0 aromatic carbocycles. The van der Waals surface area contributed by atoms with Gasteiger partial charge in [0.05, 0.1) is 11.6 Å². The summed E-state index contributed by atoms with van der Waals surface area (Å²) in [5.41, 5.74) is 8.33. The van der Waals surface area contributed by atoms with Gasteiger partial charge in [0, 0.05) is 5.38 Å². The Morgan fingerprint density at radius 3 is 3.13 bits per heavy atom. The van der Waals surface area contributed by atoms with Crippen molar-refractivity contribution in [3.63, 3.8) is 0 Å². The van der Waals surface area contributed by atoms with Gasteiger partial charge in [-0.2, -0.15) is 4.98 Å². The van der Waals surface area contributed by atoms with Crippen molar-refractivity contribution in [2.24, 2.45) is 5.73 Å². The maximum atomic E-state index is 5.86. The van der Waals surface area contributed by atoms with E-state index in [9.17, 15) is 0 Å². The molecule has 0 saturated carbocycles. The van der Waals surface area contributed by atoms with Gasteiger partial charge in [-0.15, -0.1) is 11.3 Å². The first-order chi connectivity index (χ1) is 7.31. The molecule has 0 bridgehead atoms. The average molecular weight is 224 g/mol. The van der Waals surface area contributed by atoms with E-state index < -0.39 is 0 Å². The van der Waals surface area contributed by atoms with Crippen LogP contribution in [0, 0.1) is 0 Å². The van der Waals surface area contributed by atoms with Crippen molar-refractivity contribution in [1.29, 1.82) is 0 Å². The highest BCUT2D eigenvalue weighted by Crippen LogP contribution is 2.19. The van der Waals surface area contributed by atoms with Gasteiger partial charge in [0.2, 0.25) is 11.7 Å². The van der Waals surface area contributed by atoms with E-state index in [2.05, 4.69) is 22.0 Å². The second kappa shape index (κ2) is 4.50. The zero-order chi connectivity index (χ0) is 10.7. The Morgan fingerprint density at radius 2 is 2.47 bits per heavy atom. The molecular formula is C9H12N4OS. The van der Waals surface area contributed by atoms with Crippen LogP contribution in [0.5, 0.6) is 0 Å². The van der Waals surface area contributed by atoms with Crippen LogP contribution in [0.3, 0.4) is 0 Å². The minimum Gasteiger partial charge on any atom is -0.337 e. The molecule has 0 fully saturated rings. The standard InChI is InChI=1S/C9H12N4OS/c1-2-3-6(10)9-12-8(13-14-9)7-4-15-5-11-7/h4-6H,2-3,10H2,1H3. The molecule has 2 heterocycles. The van der Waals surface area contributed by atoms with E-state index in [1.54, 1.807) is 5.51 Å². The van der Waals surface area contributed by atoms with Gasteiger partial charge in [-0.05, 0) is 6.42 Å². The first-order valence-electron chi connectivity index (χ1n) is 4.79. The van der Waals surface area contributed by atoms with Gasteiger partial charge >= 0.3 is 0 Å². The van der Waals surface area contributed by atoms with E-state index >= 15 is 0 Å². The van der Waals surface area contributed by atoms with E-state index in [0.717, 1.165) is 18.5 Å². The molecule has 2 aromatic rings. The molecule has 6 heteroatoms. The molecule has 5 nitrogen and oxygen atoms in total. The van der Waals surface area contributed by atoms with Crippen molar-refractivity contribution in [1.82, 2.24) is 15.1 Å². The fraction of sp³-hybridized carbons (Fsp3) is 0.444. The van der Waals surface area contributed by atoms with Crippen molar-refractivity contribution in [2.75, 3.05) is 0 Å². The number of rotatable bonds is 4. The summed E-state index contributed by atoms with van der Waals surface area (Å²) in [4.78, 5) is 8.31. The summed E-state index contributed by atoms with van der Waals surface area (Å²) < 4.78 is 5.08. The average Bonchev–Trinajstić information content (AvgIpc) is 2.89. The van der Waals surface area contributed by atoms with Gasteiger partial charge in [0.15, 0.2) is 0 Å². The third-order valence-corrected chi connectivity index (χ3v) is 2.61. The van der Waals surface area contributed by atoms with E-state index in [0.29, 0.717) is 11.7 Å². The minimum absolute atomic E-state index is 0.171. The van der Waals surface area contributed by atoms with Crippen molar-refractivity contribution in [3.05, 3.63) is 16.8 Å². The van der Waals surface area contributed by atoms with Crippen LogP contribution in [0.2, 0.25) is 0 Å². The summed E-state index contributed by atoms with van der Waals surface area (Å²) >= 11 is 1.50. The van der Waals surface area contributed by atoms with Gasteiger partial charge in [0.1, 0.15) is 5.69 Å². The van der Waals surface area contributed by atoms with Crippen LogP contribution in [-0.2, 0) is 0 Å². The first-order valence-corrected chi connectivity index (χ1v) is 5.73. The van der Waals surface area contributed by atoms with Gasteiger partial charge in [0.25, 0.3) is 0 Å². The van der Waals surface area contributed by atoms with Gasteiger partial charge < -0.3 is 10.3 Å². The Labute approximate surface area is 91.3 Å². The molecule has 0 radical (unpaired) electrons. The lowest BCUT2D eigenvalue weighted by Gasteiger charge is -2.01. The third-order valence-electron chi connectivity index (χ3n) is 2.02. The maximum Gasteiger partial charge on any atom is 0.243 e. The molecule has 2 N–H and O–H groups in total. The quantitative estimate of drug-likeness (QED) is 0.859. The maximum absolute atomic E-state index is 5.86. The molecule has 0 aliphatic carbocycles. The Morgan fingerprint density at radius 1 is 1.60 bits per heavy atom. The molecule has 0 aliphatic heterocycles. The summed E-state index contributed by atoms with van der Waals surface area (Å²) in [6.45, 7) is 2.07. The number of nitrogens with zero attached hydrogens (tertiary/aromatic N) is 3. The van der Waals surface area contributed by atoms with Crippen LogP contribution in [-0.4, -0.2) is 15.1 Å². The lowest BCUT2D eigenvalue weighted by molar-refractivity contribution is 0.348. The van der Waals surface area contributed by atoms with Crippen LogP contribution >= 0.6 is 11.3 Å². The number of aromatic nitrogens is 3. The fourth-order valence-electron chi connectivity index (χ4n) is 1.25. The summed E-state index contributed by atoms with van der Waals surface area (Å²) in [7, 11) is 0. The van der Waals surface area contributed by atoms with Crippen molar-refractivity contribution in [2.45, 2.75) is 25.8 Å². The van der Waals surface area contributed by atoms with Crippen molar-refractivity contribution in [3.8, 4) is 11.5 Å². The topological polar surface area (TPSA) is 77.8 Å². The molecule has 1 atom stereocenters. The largest absolute Gasteiger partial charge is 0.337 e. The van der Waals surface area contributed by atoms with Gasteiger partial charge in [-0.25, -0.2) is 4.98 Å². The molecule has 0 saturated heterocycles. The second-order valence-corrected chi connectivity index (χ2v) is 3.94. The Bertz CT molecular complexity index is 411. The molecule has 80 valence electrons. The summed E-state index contributed by atoms with van der Waals surface area (Å²) in [6, 6.07) is -0.171. The number of nitrogens with two attached hydrogens (primary N) is 1. The SMILES string of the molecule is CCCC(N)c1nc(-c2cscn2)no1. The fourth-order valence-corrected chi connectivity index (χ4v) is 1.78. The summed E-state index contributed by atoms with van der Waals surface area (Å²) in [5.74, 6) is 0.998. The zero-order valence-corrected chi connectivity index (χ0v) is 9.20. The molecule has 0 spiro atoms. The predicted octanol–water partition coefficient (Wildman–Crippen LogP) is 1.99. The smallest absolute Gasteiger partial charge is 0.243 e. The molecule has 2 aromatic heterocycles. The summed E-state index contributed by atoms with van der Waals surface area (Å²) in [6.07, 6.45) is 1.84. The van der Waals surface area contributed by atoms with Crippen LogP contribution in [0.4, 0.5) is 0 Å². The highest BCUT2D eigenvalue weighted by molar-refractivity contribution is 7.07. The minimum atomic E-state index is -0.171. The molecule has 0 aliphatic rings. The molecule has 1 unspecified atom stereocenters. The number of hydrogen-bond acceptors (Lipinski definition) is 6. The highest BCUT2D eigenvalue weighted by atomic mass is 32.1. The summed E-state index contributed by atoms with van der Waals surface area (Å²) in [5, 5.41) is 5.72. The molecule has 15 heavy (non-hydrogen) atoms. The first kappa shape index (κ1) is 10.3. The molecular weight excluding hydrogens is 212 g/mol. The third kappa shape index (κ3) is 2.21. The van der Waals surface area contributed by atoms with E-state index in [1.165, 1.54) is 11.3 Å². The Hall–Kier alpha value is -1.27. The van der Waals surface area contributed by atoms with Crippen LogP contribution in [0.15, 0.2) is 15.4 Å². The predicted molar refractivity (Wildman–Crippen MR) is 57.2 cm³/mol. The highest BCUT2D eigenvalue weighted by Gasteiger charge is 2.15. The van der Waals surface area contributed by atoms with Crippen molar-refractivity contribution >= 4 is 11.3 Å². The lowest BCUT2D eigenvalue weighted by Crippen LogP contribution is -2.09. The van der Waals surface area contributed by atoms with Crippen molar-refractivity contribution < 1.29 is 4.52 Å². The van der Waals surface area contributed by atoms with E-state index in [4.69, 9.17) is 10.3 Å². The van der Waals surface area contributed by atoms with Crippen LogP contribution < -0.4 is 5.73 Å². The Balaban J connectivity index is 2.17. The number of hydrogen-bond donors (Lipinski definition) is 1. The van der Waals surface area contributed by atoms with E-state index in [-0.39, 0.29) is 6.04 Å². The number of thiazole rings is 1. The molecule has 2 rings (SSSR count). The van der Waals surface area contributed by atoms with Crippen LogP contribution in [0.1, 0.15) is 31.7 Å². The van der Waals surface area contributed by atoms with Gasteiger partial charge in [-0.1, -0.05) is 18.5 Å². The van der Waals surface area contributed by atoms with Crippen LogP contribution in [0.25, 0.3) is 11.5 Å². The van der Waals surface area contributed by atoms with E-state index in [1.807, 2.05) is 5.38 Å².